The van der Waals surface area contributed by atoms with E-state index >= 15 is 0 Å². The summed E-state index contributed by atoms with van der Waals surface area (Å²) in [6.07, 6.45) is 2.60. The second-order valence-electron chi connectivity index (χ2n) is 10.2. The summed E-state index contributed by atoms with van der Waals surface area (Å²) in [4.78, 5) is 33.3. The fourth-order valence-corrected chi connectivity index (χ4v) is 4.48. The van der Waals surface area contributed by atoms with Crippen molar-refractivity contribution >= 4 is 23.4 Å². The number of nitrogens with zero attached hydrogens (tertiary/aromatic N) is 3. The van der Waals surface area contributed by atoms with Crippen LogP contribution in [0, 0.1) is 24.6 Å². The van der Waals surface area contributed by atoms with Gasteiger partial charge in [-0.1, -0.05) is 24.0 Å². The molecule has 0 radical (unpaired) electrons. The first kappa shape index (κ1) is 29.7. The van der Waals surface area contributed by atoms with Crippen molar-refractivity contribution in [3.63, 3.8) is 0 Å². The summed E-state index contributed by atoms with van der Waals surface area (Å²) >= 11 is 0. The number of aliphatic hydroxyl groups excluding tert-OH is 1. The van der Waals surface area contributed by atoms with Crippen LogP contribution in [0.15, 0.2) is 54.7 Å². The third kappa shape index (κ3) is 8.35. The largest absolute Gasteiger partial charge is 0.395 e. The standard InChI is InChI=1S/C31H35FN6O3/c1-21-4-7-24(16-23(21)8-5-22-6-11-29(34-18-22)36-31(41)33-13-15-39)30(40)35-26-10-9-25(28(32)17-26)19-38-14-12-27(20-38)37(2)3/h4,6-7,9-11,16-18,27,39H,12-15,19-20H2,1-3H3,(H,35,40)(H2,33,34,36,41)/t27-/m0/s1. The highest BCUT2D eigenvalue weighted by molar-refractivity contribution is 6.04. The van der Waals surface area contributed by atoms with Gasteiger partial charge in [-0.15, -0.1) is 0 Å². The van der Waals surface area contributed by atoms with Crippen molar-refractivity contribution in [2.45, 2.75) is 25.9 Å². The summed E-state index contributed by atoms with van der Waals surface area (Å²) < 4.78 is 14.9. The van der Waals surface area contributed by atoms with Crippen LogP contribution >= 0.6 is 0 Å². The molecule has 4 N–H and O–H groups in total. The lowest BCUT2D eigenvalue weighted by Gasteiger charge is -2.20. The number of aryl methyl sites for hydroxylation is 1. The van der Waals surface area contributed by atoms with Crippen molar-refractivity contribution in [3.05, 3.63) is 88.4 Å². The SMILES string of the molecule is Cc1ccc(C(=O)Nc2ccc(CN3CC[C@H](N(C)C)C3)c(F)c2)cc1C#Cc1ccc(NC(=O)NCCO)nc1. The van der Waals surface area contributed by atoms with E-state index in [1.165, 1.54) is 12.3 Å². The Morgan fingerprint density at radius 3 is 2.63 bits per heavy atom. The van der Waals surface area contributed by atoms with Crippen molar-refractivity contribution < 1.29 is 19.1 Å². The maximum atomic E-state index is 14.9. The number of halogens is 1. The van der Waals surface area contributed by atoms with Crippen molar-refractivity contribution in [2.24, 2.45) is 0 Å². The Kier molecular flexibility index (Phi) is 10.0. The van der Waals surface area contributed by atoms with Crippen molar-refractivity contribution in [2.75, 3.05) is 51.0 Å². The highest BCUT2D eigenvalue weighted by atomic mass is 19.1. The van der Waals surface area contributed by atoms with E-state index in [0.29, 0.717) is 46.3 Å². The number of likely N-dealkylation sites (tertiary alicyclic amines) is 1. The molecule has 10 heteroatoms. The van der Waals surface area contributed by atoms with Crippen LogP contribution in [0.2, 0.25) is 0 Å². The third-order valence-electron chi connectivity index (χ3n) is 6.93. The molecule has 0 saturated carbocycles. The van der Waals surface area contributed by atoms with Crippen molar-refractivity contribution in [1.29, 1.82) is 0 Å². The van der Waals surface area contributed by atoms with Gasteiger partial charge in [-0.2, -0.15) is 0 Å². The summed E-state index contributed by atoms with van der Waals surface area (Å²) in [6.45, 7) is 4.28. The Morgan fingerprint density at radius 1 is 1.12 bits per heavy atom. The minimum atomic E-state index is -0.463. The molecule has 2 heterocycles. The number of benzene rings is 2. The number of anilines is 2. The number of hydrogen-bond donors (Lipinski definition) is 4. The minimum Gasteiger partial charge on any atom is -0.395 e. The third-order valence-corrected chi connectivity index (χ3v) is 6.93. The zero-order chi connectivity index (χ0) is 29.4. The van der Waals surface area contributed by atoms with Gasteiger partial charge in [0.05, 0.1) is 6.61 Å². The molecule has 41 heavy (non-hydrogen) atoms. The zero-order valence-corrected chi connectivity index (χ0v) is 23.5. The number of amides is 3. The first-order valence-corrected chi connectivity index (χ1v) is 13.4. The van der Waals surface area contributed by atoms with Crippen LogP contribution in [0.25, 0.3) is 0 Å². The van der Waals surface area contributed by atoms with Crippen LogP contribution < -0.4 is 16.0 Å². The molecule has 2 aromatic carbocycles. The molecule has 214 valence electrons. The lowest BCUT2D eigenvalue weighted by molar-refractivity contribution is 0.102. The predicted octanol–water partition coefficient (Wildman–Crippen LogP) is 3.43. The van der Waals surface area contributed by atoms with E-state index in [9.17, 15) is 14.0 Å². The molecule has 0 aliphatic carbocycles. The van der Waals surface area contributed by atoms with E-state index in [-0.39, 0.29) is 24.9 Å². The second kappa shape index (κ2) is 13.9. The van der Waals surface area contributed by atoms with Gasteiger partial charge in [-0.05, 0) is 69.4 Å². The predicted molar refractivity (Wildman–Crippen MR) is 157 cm³/mol. The average molecular weight is 559 g/mol. The Morgan fingerprint density at radius 2 is 1.95 bits per heavy atom. The second-order valence-corrected chi connectivity index (χ2v) is 10.2. The topological polar surface area (TPSA) is 110 Å². The van der Waals surface area contributed by atoms with Crippen LogP contribution in [0.5, 0.6) is 0 Å². The van der Waals surface area contributed by atoms with Crippen LogP contribution in [0.1, 0.15) is 39.0 Å². The summed E-state index contributed by atoms with van der Waals surface area (Å²) in [6, 6.07) is 13.4. The van der Waals surface area contributed by atoms with E-state index < -0.39 is 6.03 Å². The number of urea groups is 1. The molecule has 0 bridgehead atoms. The summed E-state index contributed by atoms with van der Waals surface area (Å²) in [5.74, 6) is 5.74. The van der Waals surface area contributed by atoms with Gasteiger partial charge in [0.2, 0.25) is 0 Å². The normalized spacial score (nSPS) is 14.8. The first-order chi connectivity index (χ1) is 19.7. The molecule has 1 aromatic heterocycles. The number of carbonyl (C=O) groups is 2. The molecule has 0 unspecified atom stereocenters. The Bertz CT molecular complexity index is 1450. The van der Waals surface area contributed by atoms with E-state index in [2.05, 4.69) is 56.7 Å². The highest BCUT2D eigenvalue weighted by Crippen LogP contribution is 2.21. The fraction of sp³-hybridized carbons (Fsp3) is 0.323. The molecule has 1 aliphatic rings. The highest BCUT2D eigenvalue weighted by Gasteiger charge is 2.24. The Labute approximate surface area is 239 Å². The molecule has 0 spiro atoms. The lowest BCUT2D eigenvalue weighted by Crippen LogP contribution is -2.31. The van der Waals surface area contributed by atoms with Crippen LogP contribution in [-0.4, -0.2) is 78.2 Å². The van der Waals surface area contributed by atoms with Gasteiger partial charge in [0.1, 0.15) is 11.6 Å². The molecule has 3 aromatic rings. The maximum absolute atomic E-state index is 14.9. The van der Waals surface area contributed by atoms with Crippen molar-refractivity contribution in [3.8, 4) is 11.8 Å². The Balaban J connectivity index is 1.38. The van der Waals surface area contributed by atoms with Crippen LogP contribution in [-0.2, 0) is 6.54 Å². The number of rotatable bonds is 8. The maximum Gasteiger partial charge on any atom is 0.320 e. The number of nitrogens with one attached hydrogen (secondary N) is 3. The lowest BCUT2D eigenvalue weighted by atomic mass is 10.0. The zero-order valence-electron chi connectivity index (χ0n) is 23.5. The number of aromatic nitrogens is 1. The molecule has 3 amide bonds. The number of carbonyl (C=O) groups excluding carboxylic acids is 2. The van der Waals surface area contributed by atoms with E-state index in [1.807, 2.05) is 13.0 Å². The summed E-state index contributed by atoms with van der Waals surface area (Å²) in [5, 5.41) is 16.6. The van der Waals surface area contributed by atoms with Gasteiger partial charge in [0.25, 0.3) is 5.91 Å². The molecule has 1 aliphatic heterocycles. The van der Waals surface area contributed by atoms with E-state index in [4.69, 9.17) is 5.11 Å². The van der Waals surface area contributed by atoms with E-state index in [0.717, 1.165) is 25.1 Å². The van der Waals surface area contributed by atoms with Crippen molar-refractivity contribution in [1.82, 2.24) is 20.1 Å². The van der Waals surface area contributed by atoms with Gasteiger partial charge in [0, 0.05) is 66.4 Å². The van der Waals surface area contributed by atoms with Crippen LogP contribution in [0.4, 0.5) is 20.7 Å². The molecular weight excluding hydrogens is 523 g/mol. The Hall–Kier alpha value is -4.30. The number of pyridine rings is 1. The minimum absolute atomic E-state index is 0.145. The van der Waals surface area contributed by atoms with Gasteiger partial charge in [-0.3, -0.25) is 15.0 Å². The summed E-state index contributed by atoms with van der Waals surface area (Å²) in [5.41, 5.74) is 3.60. The van der Waals surface area contributed by atoms with Gasteiger partial charge >= 0.3 is 6.03 Å². The summed E-state index contributed by atoms with van der Waals surface area (Å²) in [7, 11) is 4.13. The quantitative estimate of drug-likeness (QED) is 0.316. The number of aliphatic hydroxyl groups is 1. The molecule has 4 rings (SSSR count). The fourth-order valence-electron chi connectivity index (χ4n) is 4.48. The first-order valence-electron chi connectivity index (χ1n) is 13.4. The number of likely N-dealkylation sites (N-methyl/N-ethyl adjacent to an activating group) is 1. The number of hydrogen-bond acceptors (Lipinski definition) is 6. The van der Waals surface area contributed by atoms with Gasteiger partial charge in [0.15, 0.2) is 0 Å². The van der Waals surface area contributed by atoms with Crippen LogP contribution in [0.3, 0.4) is 0 Å². The van der Waals surface area contributed by atoms with Gasteiger partial charge in [-0.25, -0.2) is 14.2 Å². The molecular formula is C31H35FN6O3. The smallest absolute Gasteiger partial charge is 0.320 e. The average Bonchev–Trinajstić information content (AvgIpc) is 3.43. The monoisotopic (exact) mass is 558 g/mol. The molecule has 1 saturated heterocycles. The van der Waals surface area contributed by atoms with E-state index in [1.54, 1.807) is 36.4 Å². The molecule has 9 nitrogen and oxygen atoms in total. The molecule has 1 fully saturated rings. The van der Waals surface area contributed by atoms with Gasteiger partial charge < -0.3 is 20.6 Å². The molecule has 1 atom stereocenters.